The van der Waals surface area contributed by atoms with Crippen molar-refractivity contribution in [3.8, 4) is 0 Å². The zero-order valence-electron chi connectivity index (χ0n) is 5.67. The summed E-state index contributed by atoms with van der Waals surface area (Å²) in [7, 11) is 0. The molecule has 0 aliphatic carbocycles. The van der Waals surface area contributed by atoms with Crippen LogP contribution in [0, 0.1) is 0 Å². The van der Waals surface area contributed by atoms with Crippen LogP contribution in [0.4, 0.5) is 5.00 Å². The zero-order chi connectivity index (χ0) is 7.68. The van der Waals surface area contributed by atoms with E-state index in [1.54, 1.807) is 11.3 Å². The van der Waals surface area contributed by atoms with Crippen molar-refractivity contribution in [3.63, 3.8) is 0 Å². The largest absolute Gasteiger partial charge is 0.314 e. The summed E-state index contributed by atoms with van der Waals surface area (Å²) in [4.78, 5) is 0. The molecule has 3 heteroatoms. The minimum atomic E-state index is 1.14. The van der Waals surface area contributed by atoms with Crippen LogP contribution in [0.15, 0.2) is 30.3 Å². The third-order valence-corrected chi connectivity index (χ3v) is 3.24. The summed E-state index contributed by atoms with van der Waals surface area (Å²) in [6.07, 6.45) is 0. The van der Waals surface area contributed by atoms with Crippen molar-refractivity contribution in [1.29, 1.82) is 0 Å². The Morgan fingerprint density at radius 3 is 2.82 bits per heavy atom. The van der Waals surface area contributed by atoms with Crippen LogP contribution >= 0.6 is 27.5 Å². The predicted octanol–water partition coefficient (Wildman–Crippen LogP) is 3.62. The summed E-state index contributed by atoms with van der Waals surface area (Å²) >= 11 is 4.94. The van der Waals surface area contributed by atoms with Crippen LogP contribution < -0.4 is 4.34 Å². The molecule has 0 saturated carbocycles. The maximum absolute atomic E-state index is 3.20. The van der Waals surface area contributed by atoms with E-state index in [9.17, 15) is 0 Å². The van der Waals surface area contributed by atoms with Crippen LogP contribution in [0.3, 0.4) is 0 Å². The molecular formula is C8H6BrNS. The highest BCUT2D eigenvalue weighted by atomic mass is 79.9. The van der Waals surface area contributed by atoms with Gasteiger partial charge in [-0.3, -0.25) is 0 Å². The van der Waals surface area contributed by atoms with E-state index in [4.69, 9.17) is 0 Å². The first-order valence-electron chi connectivity index (χ1n) is 3.25. The monoisotopic (exact) mass is 227 g/mol. The number of anilines is 1. The van der Waals surface area contributed by atoms with Gasteiger partial charge in [0, 0.05) is 20.8 Å². The summed E-state index contributed by atoms with van der Waals surface area (Å²) in [5.41, 5.74) is 0. The van der Waals surface area contributed by atoms with E-state index < -0.39 is 0 Å². The van der Waals surface area contributed by atoms with Crippen molar-refractivity contribution in [2.45, 2.75) is 0 Å². The van der Waals surface area contributed by atoms with E-state index in [0.29, 0.717) is 0 Å². The first kappa shape index (κ1) is 7.13. The Morgan fingerprint density at radius 1 is 1.27 bits per heavy atom. The van der Waals surface area contributed by atoms with Crippen LogP contribution in [0.25, 0.3) is 10.1 Å². The molecule has 1 nitrogen and oxygen atoms in total. The number of thiophene rings is 1. The lowest BCUT2D eigenvalue weighted by atomic mass is 10.3. The lowest BCUT2D eigenvalue weighted by Crippen LogP contribution is -1.66. The minimum absolute atomic E-state index is 1.14. The average Bonchev–Trinajstić information content (AvgIpc) is 2.46. The molecular weight excluding hydrogens is 222 g/mol. The lowest BCUT2D eigenvalue weighted by Gasteiger charge is -1.83. The number of nitrogens with one attached hydrogen (secondary N) is 1. The molecule has 2 rings (SSSR count). The second-order valence-corrected chi connectivity index (χ2v) is 3.72. The van der Waals surface area contributed by atoms with Crippen molar-refractivity contribution in [2.75, 3.05) is 4.34 Å². The first-order chi connectivity index (χ1) is 5.40. The van der Waals surface area contributed by atoms with Crippen LogP contribution in [0.5, 0.6) is 0 Å². The van der Waals surface area contributed by atoms with Crippen molar-refractivity contribution < 1.29 is 0 Å². The van der Waals surface area contributed by atoms with Crippen LogP contribution in [0.2, 0.25) is 0 Å². The van der Waals surface area contributed by atoms with Gasteiger partial charge in [0.1, 0.15) is 0 Å². The molecule has 0 saturated heterocycles. The van der Waals surface area contributed by atoms with Crippen molar-refractivity contribution in [2.24, 2.45) is 0 Å². The maximum atomic E-state index is 3.20. The van der Waals surface area contributed by atoms with Gasteiger partial charge in [-0.05, 0) is 17.5 Å². The summed E-state index contributed by atoms with van der Waals surface area (Å²) in [6, 6.07) is 10.5. The normalized spacial score (nSPS) is 10.3. The number of hydrogen-bond acceptors (Lipinski definition) is 2. The van der Waals surface area contributed by atoms with Gasteiger partial charge in [0.05, 0.1) is 5.00 Å². The molecule has 0 unspecified atom stereocenters. The van der Waals surface area contributed by atoms with Gasteiger partial charge < -0.3 is 4.34 Å². The SMILES string of the molecule is BrNc1cc2ccccc2s1. The molecule has 1 aromatic heterocycles. The summed E-state index contributed by atoms with van der Waals surface area (Å²) in [6.45, 7) is 0. The van der Waals surface area contributed by atoms with E-state index in [1.807, 2.05) is 6.07 Å². The summed E-state index contributed by atoms with van der Waals surface area (Å²) < 4.78 is 4.26. The number of fused-ring (bicyclic) bond motifs is 1. The Balaban J connectivity index is 2.69. The molecule has 0 atom stereocenters. The molecule has 0 amide bonds. The zero-order valence-corrected chi connectivity index (χ0v) is 8.08. The minimum Gasteiger partial charge on any atom is -0.314 e. The highest BCUT2D eigenvalue weighted by Gasteiger charge is 1.97. The van der Waals surface area contributed by atoms with Gasteiger partial charge in [-0.2, -0.15) is 0 Å². The molecule has 1 heterocycles. The fourth-order valence-electron chi connectivity index (χ4n) is 1.03. The summed E-state index contributed by atoms with van der Waals surface area (Å²) in [5.74, 6) is 0. The van der Waals surface area contributed by atoms with E-state index in [-0.39, 0.29) is 0 Å². The van der Waals surface area contributed by atoms with E-state index in [2.05, 4.69) is 44.8 Å². The van der Waals surface area contributed by atoms with Crippen molar-refractivity contribution >= 4 is 42.6 Å². The standard InChI is InChI=1S/C8H6BrNS/c9-10-8-5-6-3-1-2-4-7(6)11-8/h1-5,10H. The average molecular weight is 228 g/mol. The van der Waals surface area contributed by atoms with Gasteiger partial charge in [0.2, 0.25) is 0 Å². The predicted molar refractivity (Wildman–Crippen MR) is 54.4 cm³/mol. The second kappa shape index (κ2) is 2.83. The third kappa shape index (κ3) is 1.26. The quantitative estimate of drug-likeness (QED) is 0.735. The molecule has 1 N–H and O–H groups in total. The van der Waals surface area contributed by atoms with E-state index >= 15 is 0 Å². The molecule has 11 heavy (non-hydrogen) atoms. The first-order valence-corrected chi connectivity index (χ1v) is 4.86. The Bertz CT molecular complexity index is 336. The number of halogens is 1. The van der Waals surface area contributed by atoms with Gasteiger partial charge in [0.15, 0.2) is 0 Å². The molecule has 0 fully saturated rings. The van der Waals surface area contributed by atoms with Crippen LogP contribution in [-0.4, -0.2) is 0 Å². The van der Waals surface area contributed by atoms with Crippen molar-refractivity contribution in [3.05, 3.63) is 30.3 Å². The van der Waals surface area contributed by atoms with Crippen LogP contribution in [-0.2, 0) is 0 Å². The molecule has 0 bridgehead atoms. The van der Waals surface area contributed by atoms with Gasteiger partial charge in [-0.1, -0.05) is 18.2 Å². The number of benzene rings is 1. The van der Waals surface area contributed by atoms with Crippen molar-refractivity contribution in [1.82, 2.24) is 0 Å². The Morgan fingerprint density at radius 2 is 2.09 bits per heavy atom. The van der Waals surface area contributed by atoms with E-state index in [1.165, 1.54) is 10.1 Å². The molecule has 0 aliphatic rings. The highest BCUT2D eigenvalue weighted by Crippen LogP contribution is 2.29. The van der Waals surface area contributed by atoms with E-state index in [0.717, 1.165) is 5.00 Å². The maximum Gasteiger partial charge on any atom is 0.0994 e. The van der Waals surface area contributed by atoms with Gasteiger partial charge >= 0.3 is 0 Å². The molecule has 0 aliphatic heterocycles. The second-order valence-electron chi connectivity index (χ2n) is 2.24. The van der Waals surface area contributed by atoms with Gasteiger partial charge in [-0.25, -0.2) is 0 Å². The summed E-state index contributed by atoms with van der Waals surface area (Å²) in [5, 5.41) is 2.44. The van der Waals surface area contributed by atoms with Gasteiger partial charge in [0.25, 0.3) is 0 Å². The Labute approximate surface area is 77.4 Å². The number of hydrogen-bond donors (Lipinski definition) is 1. The molecule has 0 spiro atoms. The third-order valence-electron chi connectivity index (χ3n) is 1.52. The molecule has 56 valence electrons. The number of rotatable bonds is 1. The fraction of sp³-hybridized carbons (Fsp3) is 0. The Hall–Kier alpha value is -0.540. The fourth-order valence-corrected chi connectivity index (χ4v) is 2.24. The highest BCUT2D eigenvalue weighted by molar-refractivity contribution is 9.10. The smallest absolute Gasteiger partial charge is 0.0994 e. The Kier molecular flexibility index (Phi) is 1.84. The molecule has 1 aromatic carbocycles. The molecule has 2 aromatic rings. The molecule has 0 radical (unpaired) electrons. The topological polar surface area (TPSA) is 12.0 Å². The van der Waals surface area contributed by atoms with Gasteiger partial charge in [-0.15, -0.1) is 11.3 Å². The lowest BCUT2D eigenvalue weighted by molar-refractivity contribution is 1.85. The van der Waals surface area contributed by atoms with Crippen LogP contribution in [0.1, 0.15) is 0 Å².